The molecule has 3 aliphatic rings. The molecule has 1 saturated carbocycles. The lowest BCUT2D eigenvalue weighted by Gasteiger charge is -2.50. The minimum absolute atomic E-state index is 0.0264. The van der Waals surface area contributed by atoms with Crippen molar-refractivity contribution in [3.8, 4) is 5.75 Å². The van der Waals surface area contributed by atoms with Crippen LogP contribution >= 0.6 is 0 Å². The van der Waals surface area contributed by atoms with E-state index >= 15 is 0 Å². The van der Waals surface area contributed by atoms with Gasteiger partial charge in [0.25, 0.3) is 0 Å². The lowest BCUT2D eigenvalue weighted by atomic mass is 9.55. The number of carbonyl (C=O) groups is 3. The number of phenols is 1. The molecule has 0 radical (unpaired) electrons. The highest BCUT2D eigenvalue weighted by Gasteiger charge is 2.64. The normalized spacial score (nSPS) is 33.2. The molecule has 158 valence electrons. The number of rotatable bonds is 1. The molecule has 0 spiro atoms. The Morgan fingerprint density at radius 1 is 1.17 bits per heavy atom. The summed E-state index contributed by atoms with van der Waals surface area (Å²) in [4.78, 5) is 37.7. The van der Waals surface area contributed by atoms with E-state index in [9.17, 15) is 39.9 Å². The van der Waals surface area contributed by atoms with Crippen molar-refractivity contribution in [1.82, 2.24) is 0 Å². The van der Waals surface area contributed by atoms with Crippen molar-refractivity contribution in [1.29, 1.82) is 0 Å². The second-order valence-electron chi connectivity index (χ2n) is 8.37. The third-order valence-corrected chi connectivity index (χ3v) is 6.80. The quantitative estimate of drug-likeness (QED) is 0.432. The van der Waals surface area contributed by atoms with Crippen LogP contribution in [0.3, 0.4) is 0 Å². The lowest BCUT2D eigenvalue weighted by Crippen LogP contribution is -2.63. The van der Waals surface area contributed by atoms with E-state index in [0.717, 1.165) is 12.5 Å². The molecular weight excluding hydrogens is 392 g/mol. The highest BCUT2D eigenvalue weighted by molar-refractivity contribution is 6.23. The molecule has 5 unspecified atom stereocenters. The molecule has 8 nitrogen and oxygen atoms in total. The molecule has 4 rings (SSSR count). The number of aliphatic hydroxyl groups excluding tert-OH is 3. The molecule has 1 fully saturated rings. The van der Waals surface area contributed by atoms with Gasteiger partial charge in [-0.2, -0.15) is 0 Å². The first kappa shape index (κ1) is 20.3. The summed E-state index contributed by atoms with van der Waals surface area (Å²) in [7, 11) is 0. The number of carbonyl (C=O) groups excluding carboxylic acids is 3. The van der Waals surface area contributed by atoms with E-state index in [-0.39, 0.29) is 16.9 Å². The van der Waals surface area contributed by atoms with E-state index < -0.39 is 70.3 Å². The topological polar surface area (TPSA) is 152 Å². The summed E-state index contributed by atoms with van der Waals surface area (Å²) in [6.45, 7) is 4.50. The maximum absolute atomic E-state index is 13.4. The van der Waals surface area contributed by atoms with Crippen LogP contribution in [0, 0.1) is 18.8 Å². The molecule has 0 heterocycles. The first-order valence-corrected chi connectivity index (χ1v) is 9.63. The van der Waals surface area contributed by atoms with Crippen LogP contribution < -0.4 is 0 Å². The van der Waals surface area contributed by atoms with Crippen LogP contribution in [0.4, 0.5) is 0 Å². The minimum Gasteiger partial charge on any atom is -0.508 e. The fraction of sp³-hybridized carbons (Fsp3) is 0.409. The van der Waals surface area contributed by atoms with Crippen LogP contribution in [-0.4, -0.2) is 54.6 Å². The van der Waals surface area contributed by atoms with Crippen molar-refractivity contribution in [3.63, 3.8) is 0 Å². The summed E-state index contributed by atoms with van der Waals surface area (Å²) in [6, 6.07) is 3.01. The van der Waals surface area contributed by atoms with Crippen molar-refractivity contribution in [3.05, 3.63) is 45.7 Å². The predicted octanol–water partition coefficient (Wildman–Crippen LogP) is 1.37. The summed E-state index contributed by atoms with van der Waals surface area (Å²) in [6.07, 6.45) is -1.99. The van der Waals surface area contributed by atoms with Crippen molar-refractivity contribution >= 4 is 23.1 Å². The van der Waals surface area contributed by atoms with Crippen LogP contribution in [0.2, 0.25) is 0 Å². The summed E-state index contributed by atoms with van der Waals surface area (Å²) in [5, 5.41) is 54.2. The first-order valence-electron chi connectivity index (χ1n) is 9.63. The summed E-state index contributed by atoms with van der Waals surface area (Å²) in [5.41, 5.74) is -2.46. The van der Waals surface area contributed by atoms with Gasteiger partial charge in [0.05, 0.1) is 11.7 Å². The number of ketones is 3. The first-order chi connectivity index (χ1) is 13.9. The number of hydrogen-bond acceptors (Lipinski definition) is 8. The van der Waals surface area contributed by atoms with E-state index in [1.807, 2.05) is 0 Å². The molecule has 30 heavy (non-hydrogen) atoms. The molecule has 0 bridgehead atoms. The second kappa shape index (κ2) is 6.26. The van der Waals surface area contributed by atoms with Gasteiger partial charge in [-0.25, -0.2) is 0 Å². The third kappa shape index (κ3) is 2.26. The van der Waals surface area contributed by atoms with E-state index in [0.29, 0.717) is 5.56 Å². The average Bonchev–Trinajstić information content (AvgIpc) is 2.66. The number of aromatic hydroxyl groups is 1. The van der Waals surface area contributed by atoms with Gasteiger partial charge in [0.15, 0.2) is 17.2 Å². The zero-order valence-electron chi connectivity index (χ0n) is 16.6. The average molecular weight is 414 g/mol. The molecule has 5 N–H and O–H groups in total. The number of aliphatic hydroxyl groups is 4. The van der Waals surface area contributed by atoms with Crippen LogP contribution in [0.1, 0.15) is 42.9 Å². The van der Waals surface area contributed by atoms with Crippen molar-refractivity contribution in [2.45, 2.75) is 44.8 Å². The van der Waals surface area contributed by atoms with Gasteiger partial charge in [0, 0.05) is 23.8 Å². The van der Waals surface area contributed by atoms with Crippen molar-refractivity contribution < 1.29 is 39.9 Å². The number of fused-ring (bicyclic) bond motifs is 3. The zero-order valence-corrected chi connectivity index (χ0v) is 16.6. The van der Waals surface area contributed by atoms with Gasteiger partial charge < -0.3 is 25.5 Å². The summed E-state index contributed by atoms with van der Waals surface area (Å²) in [5.74, 6) is -7.56. The summed E-state index contributed by atoms with van der Waals surface area (Å²) >= 11 is 0. The molecule has 1 aromatic rings. The molecule has 5 atom stereocenters. The fourth-order valence-corrected chi connectivity index (χ4v) is 5.41. The smallest absolute Gasteiger partial charge is 0.202 e. The van der Waals surface area contributed by atoms with Gasteiger partial charge in [-0.3, -0.25) is 14.4 Å². The Bertz CT molecular complexity index is 1090. The second-order valence-corrected chi connectivity index (χ2v) is 8.37. The van der Waals surface area contributed by atoms with Gasteiger partial charge >= 0.3 is 0 Å². The van der Waals surface area contributed by atoms with E-state index in [1.54, 1.807) is 19.9 Å². The van der Waals surface area contributed by atoms with Crippen molar-refractivity contribution in [2.24, 2.45) is 11.8 Å². The molecule has 0 saturated heterocycles. The minimum atomic E-state index is -2.73. The van der Waals surface area contributed by atoms with E-state index in [2.05, 4.69) is 0 Å². The third-order valence-electron chi connectivity index (χ3n) is 6.80. The molecular formula is C22H22O8. The number of aryl methyl sites for hydroxylation is 1. The number of phenolic OH excluding ortho intramolecular Hbond substituents is 1. The number of hydrogen-bond donors (Lipinski definition) is 5. The molecule has 8 heteroatoms. The number of benzene rings is 1. The predicted molar refractivity (Wildman–Crippen MR) is 104 cm³/mol. The Balaban J connectivity index is 2.04. The maximum Gasteiger partial charge on any atom is 0.202 e. The van der Waals surface area contributed by atoms with Crippen LogP contribution in [0.25, 0.3) is 5.76 Å². The van der Waals surface area contributed by atoms with E-state index in [1.165, 1.54) is 6.07 Å². The Morgan fingerprint density at radius 2 is 1.80 bits per heavy atom. The van der Waals surface area contributed by atoms with E-state index in [4.69, 9.17) is 0 Å². The molecule has 0 amide bonds. The highest BCUT2D eigenvalue weighted by Crippen LogP contribution is 2.56. The highest BCUT2D eigenvalue weighted by atomic mass is 16.4. The van der Waals surface area contributed by atoms with Gasteiger partial charge in [0.1, 0.15) is 22.8 Å². The molecule has 0 aromatic heterocycles. The monoisotopic (exact) mass is 414 g/mol. The largest absolute Gasteiger partial charge is 0.508 e. The molecule has 0 aliphatic heterocycles. The fourth-order valence-electron chi connectivity index (χ4n) is 5.41. The lowest BCUT2D eigenvalue weighted by molar-refractivity contribution is -0.160. The maximum atomic E-state index is 13.4. The number of Topliss-reactive ketones (excluding diaryl/α,β-unsaturated/α-hetero) is 3. The van der Waals surface area contributed by atoms with Gasteiger partial charge in [-0.1, -0.05) is 13.0 Å². The number of allylic oxidation sites excluding steroid dienone is 1. The SMILES string of the molecule is CC(=O)C1=C(O)C2(O)C(=O)C3=C(O)c4c(O)ccc(C)c4C(C)C3C(O)C2CC1=O. The zero-order chi connectivity index (χ0) is 22.3. The summed E-state index contributed by atoms with van der Waals surface area (Å²) < 4.78 is 0. The van der Waals surface area contributed by atoms with Crippen LogP contribution in [0.5, 0.6) is 5.75 Å². The van der Waals surface area contributed by atoms with Crippen LogP contribution in [0.15, 0.2) is 29.0 Å². The van der Waals surface area contributed by atoms with Gasteiger partial charge in [0.2, 0.25) is 5.78 Å². The van der Waals surface area contributed by atoms with Crippen LogP contribution in [-0.2, 0) is 14.4 Å². The Morgan fingerprint density at radius 3 is 2.40 bits per heavy atom. The standard InChI is InChI=1S/C22H22O8/c1-7-4-5-11(24)16-13(7)8(2)14-17(19(16)27)21(29)22(30)10(18(14)26)6-12(25)15(9(3)23)20(22)28/h4-5,8,10,14,18,24,26-28,30H,6H2,1-3H3. The Kier molecular flexibility index (Phi) is 4.24. The van der Waals surface area contributed by atoms with Crippen molar-refractivity contribution in [2.75, 3.05) is 0 Å². The van der Waals surface area contributed by atoms with Gasteiger partial charge in [-0.15, -0.1) is 0 Å². The molecule has 1 aromatic carbocycles. The van der Waals surface area contributed by atoms with Gasteiger partial charge in [-0.05, 0) is 37.0 Å². The Hall–Kier alpha value is -2.97. The Labute approximate surface area is 171 Å². The molecule has 3 aliphatic carbocycles.